The summed E-state index contributed by atoms with van der Waals surface area (Å²) in [5.74, 6) is 0. The second kappa shape index (κ2) is 5.61. The molecular formula is C8H12ClNO5S2. The Kier molecular flexibility index (Phi) is 4.90. The van der Waals surface area contributed by atoms with Crippen molar-refractivity contribution in [3.63, 3.8) is 0 Å². The molecule has 1 heterocycles. The van der Waals surface area contributed by atoms with Crippen LogP contribution in [0.3, 0.4) is 0 Å². The molecule has 0 aliphatic heterocycles. The fourth-order valence-electron chi connectivity index (χ4n) is 1.02. The third kappa shape index (κ3) is 3.38. The monoisotopic (exact) mass is 301 g/mol. The minimum absolute atomic E-state index is 0.0535. The number of thiophene rings is 1. The zero-order valence-electron chi connectivity index (χ0n) is 8.63. The third-order valence-corrected chi connectivity index (χ3v) is 5.37. The molecule has 0 radical (unpaired) electrons. The van der Waals surface area contributed by atoms with Crippen LogP contribution in [0.5, 0.6) is 0 Å². The number of aliphatic hydroxyl groups excluding tert-OH is 3. The van der Waals surface area contributed by atoms with E-state index in [1.54, 1.807) is 0 Å². The van der Waals surface area contributed by atoms with Crippen molar-refractivity contribution < 1.29 is 23.7 Å². The minimum atomic E-state index is -3.93. The summed E-state index contributed by atoms with van der Waals surface area (Å²) in [6.07, 6.45) is 0. The maximum atomic E-state index is 11.8. The van der Waals surface area contributed by atoms with Gasteiger partial charge in [0, 0.05) is 0 Å². The smallest absolute Gasteiger partial charge is 0.250 e. The lowest BCUT2D eigenvalue weighted by Gasteiger charge is -2.27. The molecule has 0 atom stereocenters. The molecule has 0 spiro atoms. The van der Waals surface area contributed by atoms with E-state index in [0.717, 1.165) is 11.3 Å². The first-order chi connectivity index (χ1) is 7.89. The normalized spacial score (nSPS) is 12.9. The van der Waals surface area contributed by atoms with Gasteiger partial charge in [-0.2, -0.15) is 4.72 Å². The highest BCUT2D eigenvalue weighted by atomic mass is 35.5. The molecular weight excluding hydrogens is 290 g/mol. The second-order valence-corrected chi connectivity index (χ2v) is 7.04. The van der Waals surface area contributed by atoms with Crippen LogP contribution in [0.4, 0.5) is 0 Å². The van der Waals surface area contributed by atoms with Gasteiger partial charge in [-0.25, -0.2) is 8.42 Å². The summed E-state index contributed by atoms with van der Waals surface area (Å²) < 4.78 is 26.0. The van der Waals surface area contributed by atoms with Crippen molar-refractivity contribution in [3.8, 4) is 0 Å². The predicted molar refractivity (Wildman–Crippen MR) is 63.6 cm³/mol. The first-order valence-electron chi connectivity index (χ1n) is 4.51. The molecule has 0 aliphatic rings. The van der Waals surface area contributed by atoms with Gasteiger partial charge in [0.05, 0.1) is 24.2 Å². The number of sulfonamides is 1. The summed E-state index contributed by atoms with van der Waals surface area (Å²) in [4.78, 5) is 0. The number of halogens is 1. The van der Waals surface area contributed by atoms with Gasteiger partial charge in [0.1, 0.15) is 9.75 Å². The molecule has 98 valence electrons. The number of aliphatic hydroxyl groups is 3. The largest absolute Gasteiger partial charge is 0.394 e. The average molecular weight is 302 g/mol. The van der Waals surface area contributed by atoms with Crippen molar-refractivity contribution in [3.05, 3.63) is 16.5 Å². The highest BCUT2D eigenvalue weighted by molar-refractivity contribution is 7.91. The van der Waals surface area contributed by atoms with Crippen LogP contribution in [0.2, 0.25) is 4.34 Å². The lowest BCUT2D eigenvalue weighted by molar-refractivity contribution is 0.0582. The Hall–Kier alpha value is -0.220. The molecule has 9 heteroatoms. The third-order valence-electron chi connectivity index (χ3n) is 2.07. The lowest BCUT2D eigenvalue weighted by atomic mass is 10.1. The number of nitrogens with one attached hydrogen (secondary N) is 1. The summed E-state index contributed by atoms with van der Waals surface area (Å²) >= 11 is 6.45. The molecule has 1 aromatic heterocycles. The molecule has 0 saturated carbocycles. The van der Waals surface area contributed by atoms with E-state index in [1.165, 1.54) is 12.1 Å². The Bertz CT molecular complexity index is 460. The molecule has 0 amide bonds. The van der Waals surface area contributed by atoms with Crippen LogP contribution in [0.15, 0.2) is 16.3 Å². The van der Waals surface area contributed by atoms with E-state index in [2.05, 4.69) is 4.72 Å². The van der Waals surface area contributed by atoms with Gasteiger partial charge in [-0.3, -0.25) is 0 Å². The van der Waals surface area contributed by atoms with Gasteiger partial charge < -0.3 is 15.3 Å². The van der Waals surface area contributed by atoms with Crippen LogP contribution in [0.1, 0.15) is 0 Å². The molecule has 1 rings (SSSR count). The molecule has 0 fully saturated rings. The Morgan fingerprint density at radius 1 is 1.24 bits per heavy atom. The van der Waals surface area contributed by atoms with E-state index >= 15 is 0 Å². The Morgan fingerprint density at radius 2 is 1.76 bits per heavy atom. The second-order valence-electron chi connectivity index (χ2n) is 3.42. The van der Waals surface area contributed by atoms with Crippen LogP contribution in [-0.4, -0.2) is 49.1 Å². The maximum Gasteiger partial charge on any atom is 0.250 e. The average Bonchev–Trinajstić information content (AvgIpc) is 2.74. The summed E-state index contributed by atoms with van der Waals surface area (Å²) in [6.45, 7) is -2.17. The quantitative estimate of drug-likeness (QED) is 0.561. The Labute approximate surface area is 108 Å². The Morgan fingerprint density at radius 3 is 2.12 bits per heavy atom. The molecule has 0 bridgehead atoms. The van der Waals surface area contributed by atoms with Crippen LogP contribution >= 0.6 is 22.9 Å². The van der Waals surface area contributed by atoms with Gasteiger partial charge >= 0.3 is 0 Å². The van der Waals surface area contributed by atoms with E-state index < -0.39 is 35.4 Å². The van der Waals surface area contributed by atoms with Gasteiger partial charge in [-0.15, -0.1) is 11.3 Å². The molecule has 17 heavy (non-hydrogen) atoms. The SMILES string of the molecule is O=S(=O)(NC(CO)(CO)CO)c1ccc(Cl)s1. The predicted octanol–water partition coefficient (Wildman–Crippen LogP) is -0.604. The molecule has 0 aromatic carbocycles. The van der Waals surface area contributed by atoms with Crippen molar-refractivity contribution >= 4 is 33.0 Å². The summed E-state index contributed by atoms with van der Waals surface area (Å²) in [5.41, 5.74) is -1.69. The van der Waals surface area contributed by atoms with E-state index in [0.29, 0.717) is 4.34 Å². The van der Waals surface area contributed by atoms with Crippen molar-refractivity contribution in [2.24, 2.45) is 0 Å². The first kappa shape index (κ1) is 14.8. The van der Waals surface area contributed by atoms with Gasteiger partial charge in [0.2, 0.25) is 0 Å². The molecule has 0 unspecified atom stereocenters. The highest BCUT2D eigenvalue weighted by Gasteiger charge is 2.34. The highest BCUT2D eigenvalue weighted by Crippen LogP contribution is 2.26. The van der Waals surface area contributed by atoms with Crippen LogP contribution < -0.4 is 4.72 Å². The first-order valence-corrected chi connectivity index (χ1v) is 7.19. The number of rotatable bonds is 6. The van der Waals surface area contributed by atoms with Gasteiger partial charge in [-0.1, -0.05) is 11.6 Å². The van der Waals surface area contributed by atoms with E-state index in [1.807, 2.05) is 0 Å². The van der Waals surface area contributed by atoms with Gasteiger partial charge in [0.15, 0.2) is 0 Å². The summed E-state index contributed by atoms with van der Waals surface area (Å²) in [5, 5.41) is 27.1. The van der Waals surface area contributed by atoms with E-state index in [4.69, 9.17) is 26.9 Å². The zero-order valence-corrected chi connectivity index (χ0v) is 11.0. The van der Waals surface area contributed by atoms with Crippen molar-refractivity contribution in [2.45, 2.75) is 9.75 Å². The lowest BCUT2D eigenvalue weighted by Crippen LogP contribution is -2.56. The number of hydrogen-bond donors (Lipinski definition) is 4. The fraction of sp³-hybridized carbons (Fsp3) is 0.500. The topological polar surface area (TPSA) is 107 Å². The van der Waals surface area contributed by atoms with Gasteiger partial charge in [-0.05, 0) is 12.1 Å². The van der Waals surface area contributed by atoms with Crippen molar-refractivity contribution in [1.29, 1.82) is 0 Å². The van der Waals surface area contributed by atoms with Crippen LogP contribution in [-0.2, 0) is 10.0 Å². The van der Waals surface area contributed by atoms with Crippen LogP contribution in [0.25, 0.3) is 0 Å². The molecule has 0 saturated heterocycles. The van der Waals surface area contributed by atoms with Crippen molar-refractivity contribution in [2.75, 3.05) is 19.8 Å². The molecule has 0 aliphatic carbocycles. The summed E-state index contributed by atoms with van der Waals surface area (Å²) in [6, 6.07) is 2.71. The standard InChI is InChI=1S/C8H12ClNO5S2/c9-6-1-2-7(16-6)17(14,15)10-8(3-11,4-12)5-13/h1-2,10-13H,3-5H2. The Balaban J connectivity index is 3.00. The van der Waals surface area contributed by atoms with Crippen LogP contribution in [0, 0.1) is 0 Å². The van der Waals surface area contributed by atoms with Gasteiger partial charge in [0.25, 0.3) is 10.0 Å². The van der Waals surface area contributed by atoms with Crippen molar-refractivity contribution in [1.82, 2.24) is 4.72 Å². The molecule has 4 N–H and O–H groups in total. The molecule has 6 nitrogen and oxygen atoms in total. The maximum absolute atomic E-state index is 11.8. The summed E-state index contributed by atoms with van der Waals surface area (Å²) in [7, 11) is -3.93. The fourth-order valence-corrected chi connectivity index (χ4v) is 3.88. The number of hydrogen-bond acceptors (Lipinski definition) is 6. The van der Waals surface area contributed by atoms with E-state index in [9.17, 15) is 8.42 Å². The van der Waals surface area contributed by atoms with E-state index in [-0.39, 0.29) is 4.21 Å². The zero-order chi connectivity index (χ0) is 13.1. The molecule has 1 aromatic rings. The minimum Gasteiger partial charge on any atom is -0.394 e.